The van der Waals surface area contributed by atoms with Gasteiger partial charge in [-0.2, -0.15) is 0 Å². The number of nitrogens with one attached hydrogen (secondary N) is 1. The highest BCUT2D eigenvalue weighted by Crippen LogP contribution is 2.19. The number of esters is 1. The van der Waals surface area contributed by atoms with Gasteiger partial charge in [-0.3, -0.25) is 9.59 Å². The fourth-order valence-corrected chi connectivity index (χ4v) is 6.56. The molecular weight excluding hydrogens is 673 g/mol. The van der Waals surface area contributed by atoms with Gasteiger partial charge in [0.15, 0.2) is 0 Å². The number of carbonyl (C=O) groups excluding carboxylic acids is 2. The van der Waals surface area contributed by atoms with E-state index in [2.05, 4.69) is 67.8 Å². The summed E-state index contributed by atoms with van der Waals surface area (Å²) in [5.74, 6) is -1.24. The maximum atomic E-state index is 12.8. The van der Waals surface area contributed by atoms with Gasteiger partial charge in [-0.15, -0.1) is 0 Å². The summed E-state index contributed by atoms with van der Waals surface area (Å²) in [7, 11) is 0. The van der Waals surface area contributed by atoms with E-state index in [1.165, 1.54) is 77.0 Å². The Kier molecular flexibility index (Phi) is 39.4. The van der Waals surface area contributed by atoms with Crippen LogP contribution in [-0.2, 0) is 19.1 Å². The molecule has 0 aromatic carbocycles. The highest BCUT2D eigenvalue weighted by atomic mass is 16.5. The van der Waals surface area contributed by atoms with Crippen molar-refractivity contribution in [3.63, 3.8) is 0 Å². The molecule has 312 valence electrons. The van der Waals surface area contributed by atoms with Gasteiger partial charge in [-0.25, -0.2) is 4.79 Å². The van der Waals surface area contributed by atoms with Crippen molar-refractivity contribution < 1.29 is 24.2 Å². The molecule has 0 saturated heterocycles. The van der Waals surface area contributed by atoms with Crippen molar-refractivity contribution in [2.45, 2.75) is 225 Å². The summed E-state index contributed by atoms with van der Waals surface area (Å²) in [5, 5.41) is 11.9. The molecule has 0 fully saturated rings. The lowest BCUT2D eigenvalue weighted by Crippen LogP contribution is -2.40. The second kappa shape index (κ2) is 41.5. The average molecular weight is 757 g/mol. The van der Waals surface area contributed by atoms with Crippen LogP contribution in [0.2, 0.25) is 0 Å². The Bertz CT molecular complexity index is 989. The zero-order valence-electron chi connectivity index (χ0n) is 35.1. The number of aliphatic carboxylic acids is 1. The molecule has 54 heavy (non-hydrogen) atoms. The van der Waals surface area contributed by atoms with Gasteiger partial charge in [-0.05, 0) is 96.4 Å². The smallest absolute Gasteiger partial charge is 0.326 e. The van der Waals surface area contributed by atoms with E-state index >= 15 is 0 Å². The lowest BCUT2D eigenvalue weighted by molar-refractivity contribution is -0.150. The first-order valence-corrected chi connectivity index (χ1v) is 22.5. The first kappa shape index (κ1) is 51.3. The molecule has 0 aromatic rings. The molecule has 0 spiro atoms. The number of carboxylic acids is 1. The Balaban J connectivity index is 4.24. The van der Waals surface area contributed by atoms with Crippen LogP contribution in [-0.4, -0.2) is 41.6 Å². The molecule has 2 unspecified atom stereocenters. The van der Waals surface area contributed by atoms with Crippen LogP contribution in [0.4, 0.5) is 0 Å². The fourth-order valence-electron chi connectivity index (χ4n) is 6.56. The molecule has 7 heteroatoms. The van der Waals surface area contributed by atoms with Crippen molar-refractivity contribution >= 4 is 17.8 Å². The standard InChI is InChI=1S/C47H84N2O5/c1-3-5-7-9-11-13-14-15-16-17-18-19-20-21-22-24-26-31-35-41-46(51)54-43(37-32-28-25-23-12-10-8-6-4-2)38-33-29-27-30-34-40-45(50)49-44(47(52)53)39-36-42-48/h5,7,11,13,15-16,18-19,43-44H,3-4,6,8-10,12,14,17,20-42,48H2,1-2H3,(H,49,50)(H,52,53)/b7-5-,13-11-,16-15-,19-18-. The van der Waals surface area contributed by atoms with E-state index in [0.717, 1.165) is 96.3 Å². The van der Waals surface area contributed by atoms with Gasteiger partial charge in [0.25, 0.3) is 0 Å². The van der Waals surface area contributed by atoms with E-state index in [0.29, 0.717) is 32.2 Å². The Morgan fingerprint density at radius 3 is 1.54 bits per heavy atom. The number of nitrogens with two attached hydrogens (primary N) is 1. The second-order valence-corrected chi connectivity index (χ2v) is 15.1. The van der Waals surface area contributed by atoms with E-state index < -0.39 is 12.0 Å². The van der Waals surface area contributed by atoms with Crippen molar-refractivity contribution in [1.29, 1.82) is 0 Å². The molecule has 0 aliphatic rings. The monoisotopic (exact) mass is 757 g/mol. The SMILES string of the molecule is CC/C=C\C/C=C\C/C=C\C/C=C\CCCCCCCCC(=O)OC(CCCCCCCCCCC)CCCCCCCC(=O)NC(CCCN)C(=O)O. The molecular formula is C47H84N2O5. The molecule has 1 amide bonds. The van der Waals surface area contributed by atoms with Crippen molar-refractivity contribution in [2.75, 3.05) is 6.54 Å². The summed E-state index contributed by atoms with van der Waals surface area (Å²) >= 11 is 0. The number of hydrogen-bond donors (Lipinski definition) is 3. The molecule has 0 saturated carbocycles. The molecule has 0 bridgehead atoms. The number of ether oxygens (including phenoxy) is 1. The highest BCUT2D eigenvalue weighted by Gasteiger charge is 2.19. The van der Waals surface area contributed by atoms with Gasteiger partial charge < -0.3 is 20.9 Å². The molecule has 0 rings (SSSR count). The van der Waals surface area contributed by atoms with Crippen molar-refractivity contribution in [1.82, 2.24) is 5.32 Å². The van der Waals surface area contributed by atoms with Gasteiger partial charge in [-0.1, -0.05) is 159 Å². The lowest BCUT2D eigenvalue weighted by atomic mass is 10.0. The Labute approximate surface area is 332 Å². The van der Waals surface area contributed by atoms with Crippen LogP contribution in [0.5, 0.6) is 0 Å². The quantitative estimate of drug-likeness (QED) is 0.0325. The maximum Gasteiger partial charge on any atom is 0.326 e. The Morgan fingerprint density at radius 2 is 1.02 bits per heavy atom. The van der Waals surface area contributed by atoms with Gasteiger partial charge in [0.1, 0.15) is 12.1 Å². The van der Waals surface area contributed by atoms with Crippen LogP contribution in [0.15, 0.2) is 48.6 Å². The van der Waals surface area contributed by atoms with Crippen molar-refractivity contribution in [3.05, 3.63) is 48.6 Å². The number of amides is 1. The number of rotatable bonds is 40. The van der Waals surface area contributed by atoms with Crippen LogP contribution < -0.4 is 11.1 Å². The molecule has 0 heterocycles. The molecule has 0 radical (unpaired) electrons. The molecule has 7 nitrogen and oxygen atoms in total. The third-order valence-electron chi connectivity index (χ3n) is 9.91. The zero-order valence-corrected chi connectivity index (χ0v) is 35.1. The molecule has 2 atom stereocenters. The van der Waals surface area contributed by atoms with E-state index in [1.54, 1.807) is 0 Å². The van der Waals surface area contributed by atoms with Gasteiger partial charge in [0.05, 0.1) is 0 Å². The topological polar surface area (TPSA) is 119 Å². The fraction of sp³-hybridized carbons (Fsp3) is 0.766. The van der Waals surface area contributed by atoms with E-state index in [1.807, 2.05) is 0 Å². The van der Waals surface area contributed by atoms with Crippen LogP contribution in [0, 0.1) is 0 Å². The molecule has 0 aliphatic heterocycles. The predicted molar refractivity (Wildman–Crippen MR) is 230 cm³/mol. The maximum absolute atomic E-state index is 12.8. The summed E-state index contributed by atoms with van der Waals surface area (Å²) in [6.07, 6.45) is 50.1. The Hall–Kier alpha value is -2.67. The average Bonchev–Trinajstić information content (AvgIpc) is 3.16. The van der Waals surface area contributed by atoms with Gasteiger partial charge in [0.2, 0.25) is 5.91 Å². The largest absolute Gasteiger partial charge is 0.480 e. The van der Waals surface area contributed by atoms with Gasteiger partial charge in [0, 0.05) is 12.8 Å². The zero-order chi connectivity index (χ0) is 39.6. The molecule has 4 N–H and O–H groups in total. The summed E-state index contributed by atoms with van der Waals surface area (Å²) < 4.78 is 6.04. The van der Waals surface area contributed by atoms with Crippen LogP contribution in [0.3, 0.4) is 0 Å². The van der Waals surface area contributed by atoms with Crippen LogP contribution >= 0.6 is 0 Å². The summed E-state index contributed by atoms with van der Waals surface area (Å²) in [6.45, 7) is 4.83. The number of allylic oxidation sites excluding steroid dienone is 8. The Morgan fingerprint density at radius 1 is 0.556 bits per heavy atom. The van der Waals surface area contributed by atoms with Crippen LogP contribution in [0.1, 0.15) is 213 Å². The summed E-state index contributed by atoms with van der Waals surface area (Å²) in [6, 6.07) is -0.857. The molecule has 0 aliphatic carbocycles. The van der Waals surface area contributed by atoms with Crippen molar-refractivity contribution in [2.24, 2.45) is 5.73 Å². The minimum absolute atomic E-state index is 0.00710. The summed E-state index contributed by atoms with van der Waals surface area (Å²) in [4.78, 5) is 36.4. The van der Waals surface area contributed by atoms with Gasteiger partial charge >= 0.3 is 11.9 Å². The van der Waals surface area contributed by atoms with E-state index in [9.17, 15) is 19.5 Å². The second-order valence-electron chi connectivity index (χ2n) is 15.1. The minimum Gasteiger partial charge on any atom is -0.480 e. The predicted octanol–water partition coefficient (Wildman–Crippen LogP) is 12.8. The van der Waals surface area contributed by atoms with Crippen LogP contribution in [0.25, 0.3) is 0 Å². The van der Waals surface area contributed by atoms with E-state index in [-0.39, 0.29) is 18.0 Å². The summed E-state index contributed by atoms with van der Waals surface area (Å²) in [5.41, 5.74) is 5.48. The third-order valence-corrected chi connectivity index (χ3v) is 9.91. The van der Waals surface area contributed by atoms with E-state index in [4.69, 9.17) is 10.5 Å². The molecule has 0 aromatic heterocycles. The number of carbonyl (C=O) groups is 3. The lowest BCUT2D eigenvalue weighted by Gasteiger charge is -2.18. The third kappa shape index (κ3) is 37.6. The number of carboxylic acid groups (broad SMARTS) is 1. The number of unbranched alkanes of at least 4 members (excludes halogenated alkanes) is 18. The number of hydrogen-bond acceptors (Lipinski definition) is 5. The highest BCUT2D eigenvalue weighted by molar-refractivity contribution is 5.83. The first-order valence-electron chi connectivity index (χ1n) is 22.5. The van der Waals surface area contributed by atoms with Crippen molar-refractivity contribution in [3.8, 4) is 0 Å². The normalized spacial score (nSPS) is 13.1. The minimum atomic E-state index is -1.01. The first-order chi connectivity index (χ1) is 26.4.